The van der Waals surface area contributed by atoms with E-state index in [1.807, 2.05) is 24.3 Å². The quantitative estimate of drug-likeness (QED) is 0.784. The topological polar surface area (TPSA) is 58.9 Å². The van der Waals surface area contributed by atoms with E-state index < -0.39 is 18.3 Å². The molecule has 2 N–H and O–H groups in total. The number of aliphatic hydroxyl groups is 1. The Balaban J connectivity index is 2.65. The summed E-state index contributed by atoms with van der Waals surface area (Å²) in [7, 11) is 0.528. The van der Waals surface area contributed by atoms with Crippen molar-refractivity contribution in [3.05, 3.63) is 35.8 Å². The molecule has 0 saturated carbocycles. The molecule has 0 fully saturated rings. The largest absolute Gasteiger partial charge is 0.497 e. The van der Waals surface area contributed by atoms with E-state index in [0.29, 0.717) is 0 Å². The van der Waals surface area contributed by atoms with Gasteiger partial charge in [-0.2, -0.15) is 0 Å². The SMILES string of the molecule is COc1ccc(/C=C/B(O)OC(C)(C)C(C)(C)O)cc1. The van der Waals surface area contributed by atoms with Crippen molar-refractivity contribution < 1.29 is 19.5 Å². The smallest absolute Gasteiger partial charge is 0.483 e. The molecule has 0 amide bonds. The van der Waals surface area contributed by atoms with E-state index in [2.05, 4.69) is 0 Å². The van der Waals surface area contributed by atoms with Crippen LogP contribution in [0.1, 0.15) is 33.3 Å². The number of hydrogen-bond donors (Lipinski definition) is 2. The maximum Gasteiger partial charge on any atom is 0.483 e. The predicted octanol–water partition coefficient (Wildman–Crippen LogP) is 2.29. The van der Waals surface area contributed by atoms with Crippen molar-refractivity contribution in [1.29, 1.82) is 0 Å². The Morgan fingerprint density at radius 1 is 1.10 bits per heavy atom. The number of benzene rings is 1. The molecule has 0 atom stereocenters. The highest BCUT2D eigenvalue weighted by Gasteiger charge is 2.38. The van der Waals surface area contributed by atoms with Crippen LogP contribution >= 0.6 is 0 Å². The van der Waals surface area contributed by atoms with Gasteiger partial charge in [0, 0.05) is 0 Å². The van der Waals surface area contributed by atoms with E-state index in [0.717, 1.165) is 11.3 Å². The van der Waals surface area contributed by atoms with E-state index in [1.165, 1.54) is 5.98 Å². The Kier molecular flexibility index (Phi) is 5.39. The molecule has 0 radical (unpaired) electrons. The van der Waals surface area contributed by atoms with Gasteiger partial charge in [0.05, 0.1) is 18.3 Å². The summed E-state index contributed by atoms with van der Waals surface area (Å²) < 4.78 is 10.5. The first kappa shape index (κ1) is 16.8. The maximum atomic E-state index is 9.96. The van der Waals surface area contributed by atoms with Gasteiger partial charge in [0.2, 0.25) is 0 Å². The van der Waals surface area contributed by atoms with Crippen LogP contribution in [-0.4, -0.2) is 35.6 Å². The number of ether oxygens (including phenoxy) is 1. The highest BCUT2D eigenvalue weighted by molar-refractivity contribution is 6.50. The van der Waals surface area contributed by atoms with Crippen LogP contribution in [0.5, 0.6) is 5.75 Å². The fraction of sp³-hybridized carbons (Fsp3) is 0.467. The van der Waals surface area contributed by atoms with Crippen LogP contribution in [0.25, 0.3) is 6.08 Å². The number of rotatable bonds is 6. The fourth-order valence-corrected chi connectivity index (χ4v) is 1.39. The molecule has 1 aromatic carbocycles. The first-order valence-corrected chi connectivity index (χ1v) is 6.56. The maximum absolute atomic E-state index is 9.96. The lowest BCUT2D eigenvalue weighted by molar-refractivity contribution is -0.0984. The summed E-state index contributed by atoms with van der Waals surface area (Å²) in [6.45, 7) is 6.76. The average Bonchev–Trinajstić information content (AvgIpc) is 2.35. The molecular formula is C15H23BO4. The van der Waals surface area contributed by atoms with Gasteiger partial charge in [-0.15, -0.1) is 0 Å². The molecule has 0 aromatic heterocycles. The van der Waals surface area contributed by atoms with Crippen LogP contribution in [0.15, 0.2) is 30.2 Å². The molecule has 0 aliphatic carbocycles. The average molecular weight is 278 g/mol. The third-order valence-electron chi connectivity index (χ3n) is 3.46. The molecule has 0 unspecified atom stereocenters. The van der Waals surface area contributed by atoms with Gasteiger partial charge >= 0.3 is 7.12 Å². The van der Waals surface area contributed by atoms with Crippen LogP contribution in [0.4, 0.5) is 0 Å². The van der Waals surface area contributed by atoms with E-state index in [9.17, 15) is 10.1 Å². The highest BCUT2D eigenvalue weighted by atomic mass is 16.5. The Bertz CT molecular complexity index is 446. The van der Waals surface area contributed by atoms with Crippen molar-refractivity contribution in [1.82, 2.24) is 0 Å². The predicted molar refractivity (Wildman–Crippen MR) is 81.5 cm³/mol. The lowest BCUT2D eigenvalue weighted by Crippen LogP contribution is -2.50. The Hall–Kier alpha value is -1.30. The summed E-state index contributed by atoms with van der Waals surface area (Å²) in [5.74, 6) is 2.32. The van der Waals surface area contributed by atoms with E-state index >= 15 is 0 Å². The third kappa shape index (κ3) is 4.67. The Morgan fingerprint density at radius 3 is 2.10 bits per heavy atom. The molecular weight excluding hydrogens is 255 g/mol. The van der Waals surface area contributed by atoms with Crippen LogP contribution in [-0.2, 0) is 4.65 Å². The zero-order chi connectivity index (χ0) is 15.4. The van der Waals surface area contributed by atoms with Crippen LogP contribution in [0.2, 0.25) is 0 Å². The van der Waals surface area contributed by atoms with Crippen molar-refractivity contribution in [3.63, 3.8) is 0 Å². The molecule has 110 valence electrons. The number of methoxy groups -OCH3 is 1. The monoisotopic (exact) mass is 278 g/mol. The fourth-order valence-electron chi connectivity index (χ4n) is 1.39. The molecule has 4 nitrogen and oxygen atoms in total. The molecule has 0 spiro atoms. The summed E-state index contributed by atoms with van der Waals surface area (Å²) in [5, 5.41) is 19.8. The number of hydrogen-bond acceptors (Lipinski definition) is 4. The van der Waals surface area contributed by atoms with Gasteiger partial charge in [-0.3, -0.25) is 0 Å². The molecule has 20 heavy (non-hydrogen) atoms. The van der Waals surface area contributed by atoms with E-state index in [-0.39, 0.29) is 0 Å². The van der Waals surface area contributed by atoms with Crippen molar-refractivity contribution in [3.8, 4) is 5.75 Å². The van der Waals surface area contributed by atoms with Crippen LogP contribution in [0.3, 0.4) is 0 Å². The normalized spacial score (nSPS) is 12.8. The Morgan fingerprint density at radius 2 is 1.65 bits per heavy atom. The molecule has 0 aliphatic rings. The van der Waals surface area contributed by atoms with Gasteiger partial charge in [0.1, 0.15) is 5.75 Å². The summed E-state index contributed by atoms with van der Waals surface area (Å²) in [5.41, 5.74) is -0.993. The van der Waals surface area contributed by atoms with Gasteiger partial charge in [-0.1, -0.05) is 24.2 Å². The molecule has 0 heterocycles. The molecule has 5 heteroatoms. The second-order valence-electron chi connectivity index (χ2n) is 5.71. The minimum atomic E-state index is -1.08. The molecule has 1 rings (SSSR count). The first-order valence-electron chi connectivity index (χ1n) is 6.56. The highest BCUT2D eigenvalue weighted by Crippen LogP contribution is 2.25. The van der Waals surface area contributed by atoms with Crippen molar-refractivity contribution in [2.45, 2.75) is 38.9 Å². The summed E-state index contributed by atoms with van der Waals surface area (Å²) in [6.07, 6.45) is 1.75. The summed E-state index contributed by atoms with van der Waals surface area (Å²) in [6, 6.07) is 7.44. The van der Waals surface area contributed by atoms with Crippen molar-refractivity contribution >= 4 is 13.2 Å². The molecule has 0 saturated heterocycles. The first-order chi connectivity index (χ1) is 9.15. The van der Waals surface area contributed by atoms with Crippen LogP contribution < -0.4 is 4.74 Å². The molecule has 0 aliphatic heterocycles. The second kappa shape index (κ2) is 6.44. The van der Waals surface area contributed by atoms with Crippen molar-refractivity contribution in [2.75, 3.05) is 7.11 Å². The lowest BCUT2D eigenvalue weighted by Gasteiger charge is -2.38. The standard InChI is InChI=1S/C15H23BO4/c1-14(2,17)15(3,4)20-16(18)11-10-12-6-8-13(19-5)9-7-12/h6-11,17-18H,1-5H3/b11-10+. The van der Waals surface area contributed by atoms with E-state index in [1.54, 1.807) is 40.9 Å². The van der Waals surface area contributed by atoms with Crippen LogP contribution in [0, 0.1) is 0 Å². The van der Waals surface area contributed by atoms with Gasteiger partial charge < -0.3 is 19.5 Å². The summed E-state index contributed by atoms with van der Waals surface area (Å²) in [4.78, 5) is 0. The minimum Gasteiger partial charge on any atom is -0.497 e. The lowest BCUT2D eigenvalue weighted by atomic mass is 9.82. The second-order valence-corrected chi connectivity index (χ2v) is 5.71. The zero-order valence-electron chi connectivity index (χ0n) is 12.8. The van der Waals surface area contributed by atoms with Gasteiger partial charge in [0.15, 0.2) is 0 Å². The third-order valence-corrected chi connectivity index (χ3v) is 3.46. The Labute approximate surface area is 121 Å². The van der Waals surface area contributed by atoms with Gasteiger partial charge in [-0.25, -0.2) is 0 Å². The van der Waals surface area contributed by atoms with E-state index in [4.69, 9.17) is 9.39 Å². The van der Waals surface area contributed by atoms with Gasteiger partial charge in [-0.05, 0) is 45.4 Å². The summed E-state index contributed by atoms with van der Waals surface area (Å²) >= 11 is 0. The molecule has 0 bridgehead atoms. The van der Waals surface area contributed by atoms with Crippen molar-refractivity contribution in [2.24, 2.45) is 0 Å². The minimum absolute atomic E-state index is 0.780. The van der Waals surface area contributed by atoms with Gasteiger partial charge in [0.25, 0.3) is 0 Å². The molecule has 1 aromatic rings. The zero-order valence-corrected chi connectivity index (χ0v) is 12.8.